The topological polar surface area (TPSA) is 58.2 Å². The van der Waals surface area contributed by atoms with E-state index in [9.17, 15) is 9.59 Å². The second-order valence-corrected chi connectivity index (χ2v) is 2.11. The zero-order valence-corrected chi connectivity index (χ0v) is 5.39. The highest BCUT2D eigenvalue weighted by molar-refractivity contribution is 5.52. The Labute approximate surface area is 53.6 Å². The van der Waals surface area contributed by atoms with E-state index in [-0.39, 0.29) is 0 Å². The molecule has 51 valence electrons. The van der Waals surface area contributed by atoms with Crippen LogP contribution in [0.1, 0.15) is 13.8 Å². The number of amides is 2. The van der Waals surface area contributed by atoms with Gasteiger partial charge in [0, 0.05) is 0 Å². The molecule has 4 heteroatoms. The maximum Gasteiger partial charge on any atom is 0.311 e. The number of carbonyl (C=O) groups is 1. The summed E-state index contributed by atoms with van der Waals surface area (Å²) in [5.41, 5.74) is -0.691. The number of hydrogen-bond donors (Lipinski definition) is 2. The molecule has 0 fully saturated rings. The molecule has 0 atom stereocenters. The molecule has 0 unspecified atom stereocenters. The van der Waals surface area contributed by atoms with Crippen molar-refractivity contribution in [3.05, 3.63) is 0 Å². The summed E-state index contributed by atoms with van der Waals surface area (Å²) in [6, 6.07) is 0. The third kappa shape index (κ3) is 3.52. The molecule has 0 saturated carbocycles. The van der Waals surface area contributed by atoms with Crippen LogP contribution in [0.5, 0.6) is 0 Å². The van der Waals surface area contributed by atoms with Gasteiger partial charge in [0.15, 0.2) is 0 Å². The highest BCUT2D eigenvalue weighted by atomic mass is 16.1. The summed E-state index contributed by atoms with van der Waals surface area (Å²) >= 11 is 0. The van der Waals surface area contributed by atoms with Crippen LogP contribution in [0.25, 0.3) is 0 Å². The summed E-state index contributed by atoms with van der Waals surface area (Å²) in [5, 5.41) is 4.64. The van der Waals surface area contributed by atoms with E-state index in [1.165, 1.54) is 6.41 Å². The van der Waals surface area contributed by atoms with Gasteiger partial charge in [0.1, 0.15) is 5.66 Å². The van der Waals surface area contributed by atoms with Crippen molar-refractivity contribution in [1.29, 1.82) is 0 Å². The molecule has 2 amide bonds. The molecule has 0 aromatic rings. The quantitative estimate of drug-likeness (QED) is 0.294. The lowest BCUT2D eigenvalue weighted by molar-refractivity contribution is -0.111. The second-order valence-electron chi connectivity index (χ2n) is 2.11. The molecule has 4 nitrogen and oxygen atoms in total. The Bertz CT molecular complexity index is 99.5. The van der Waals surface area contributed by atoms with Gasteiger partial charge in [0.25, 0.3) is 0 Å². The average Bonchev–Trinajstić information content (AvgIpc) is 1.64. The Morgan fingerprint density at radius 1 is 1.56 bits per heavy atom. The van der Waals surface area contributed by atoms with E-state index in [0.29, 0.717) is 6.41 Å². The van der Waals surface area contributed by atoms with Crippen LogP contribution in [0.4, 0.5) is 0 Å². The summed E-state index contributed by atoms with van der Waals surface area (Å²) in [7, 11) is 0. The summed E-state index contributed by atoms with van der Waals surface area (Å²) in [6.45, 7) is 3.29. The third-order valence-electron chi connectivity index (χ3n) is 0.783. The van der Waals surface area contributed by atoms with E-state index in [1.54, 1.807) is 13.8 Å². The van der Waals surface area contributed by atoms with E-state index >= 15 is 0 Å². The summed E-state index contributed by atoms with van der Waals surface area (Å²) in [5.74, 6) is 0. The minimum atomic E-state index is -0.691. The molecular formula is C5H9N2O2. The van der Waals surface area contributed by atoms with Gasteiger partial charge in [-0.05, 0) is 13.8 Å². The molecule has 0 aliphatic rings. The first kappa shape index (κ1) is 7.94. The lowest BCUT2D eigenvalue weighted by atomic mass is 10.2. The van der Waals surface area contributed by atoms with Crippen molar-refractivity contribution in [3.8, 4) is 0 Å². The number of nitrogens with one attached hydrogen (secondary N) is 2. The second kappa shape index (κ2) is 3.06. The Balaban J connectivity index is 3.68. The standard InChI is InChI=1S/C5H9N2O2/c1-5(2,6-3-8)7-4-9/h3H,1-2H3,(H,6,8)(H,7,9). The van der Waals surface area contributed by atoms with Gasteiger partial charge >= 0.3 is 6.41 Å². The molecule has 1 radical (unpaired) electrons. The summed E-state index contributed by atoms with van der Waals surface area (Å²) in [6.07, 6.45) is 1.99. The Hall–Kier alpha value is -1.06. The van der Waals surface area contributed by atoms with E-state index in [2.05, 4.69) is 10.6 Å². The van der Waals surface area contributed by atoms with Crippen molar-refractivity contribution in [3.63, 3.8) is 0 Å². The van der Waals surface area contributed by atoms with Crippen LogP contribution >= 0.6 is 0 Å². The first-order valence-corrected chi connectivity index (χ1v) is 2.48. The SMILES string of the molecule is CC(C)(N[C]=O)NC=O. The van der Waals surface area contributed by atoms with Gasteiger partial charge in [-0.1, -0.05) is 0 Å². The van der Waals surface area contributed by atoms with Gasteiger partial charge in [0.2, 0.25) is 6.41 Å². The lowest BCUT2D eigenvalue weighted by Crippen LogP contribution is -2.50. The molecule has 2 N–H and O–H groups in total. The minimum absolute atomic E-state index is 0.518. The van der Waals surface area contributed by atoms with Gasteiger partial charge in [0.05, 0.1) is 0 Å². The van der Waals surface area contributed by atoms with Crippen LogP contribution in [0.15, 0.2) is 0 Å². The predicted octanol–water partition coefficient (Wildman–Crippen LogP) is -0.875. The van der Waals surface area contributed by atoms with Gasteiger partial charge in [-0.15, -0.1) is 0 Å². The fourth-order valence-electron chi connectivity index (χ4n) is 0.311. The zero-order valence-electron chi connectivity index (χ0n) is 5.39. The Kier molecular flexibility index (Phi) is 2.70. The Morgan fingerprint density at radius 3 is 2.44 bits per heavy atom. The molecule has 0 rings (SSSR count). The highest BCUT2D eigenvalue weighted by Gasteiger charge is 2.13. The molecule has 0 bridgehead atoms. The van der Waals surface area contributed by atoms with Gasteiger partial charge in [-0.2, -0.15) is 0 Å². The van der Waals surface area contributed by atoms with Gasteiger partial charge in [-0.25, -0.2) is 0 Å². The lowest BCUT2D eigenvalue weighted by Gasteiger charge is -2.21. The molecule has 0 aliphatic carbocycles. The van der Waals surface area contributed by atoms with Crippen LogP contribution in [0, 0.1) is 0 Å². The minimum Gasteiger partial charge on any atom is -0.337 e. The first-order chi connectivity index (χ1) is 4.12. The van der Waals surface area contributed by atoms with Crippen LogP contribution in [-0.4, -0.2) is 18.5 Å². The van der Waals surface area contributed by atoms with Crippen LogP contribution in [0.2, 0.25) is 0 Å². The van der Waals surface area contributed by atoms with Crippen molar-refractivity contribution >= 4 is 12.8 Å². The molecule has 0 aliphatic heterocycles. The molecule has 0 saturated heterocycles. The van der Waals surface area contributed by atoms with Crippen molar-refractivity contribution in [2.45, 2.75) is 19.5 Å². The summed E-state index contributed by atoms with van der Waals surface area (Å²) in [4.78, 5) is 19.5. The fourth-order valence-corrected chi connectivity index (χ4v) is 0.311. The maximum atomic E-state index is 9.81. The predicted molar refractivity (Wildman–Crippen MR) is 32.1 cm³/mol. The highest BCUT2D eigenvalue weighted by Crippen LogP contribution is 1.90. The van der Waals surface area contributed by atoms with E-state index in [0.717, 1.165) is 0 Å². The van der Waals surface area contributed by atoms with Crippen molar-refractivity contribution < 1.29 is 9.59 Å². The fraction of sp³-hybridized carbons (Fsp3) is 0.600. The molecule has 9 heavy (non-hydrogen) atoms. The first-order valence-electron chi connectivity index (χ1n) is 2.48. The maximum absolute atomic E-state index is 9.81. The van der Waals surface area contributed by atoms with Crippen molar-refractivity contribution in [1.82, 2.24) is 10.6 Å². The third-order valence-corrected chi connectivity index (χ3v) is 0.783. The molecule has 0 spiro atoms. The molecule has 0 aromatic heterocycles. The zero-order chi connectivity index (χ0) is 7.33. The smallest absolute Gasteiger partial charge is 0.311 e. The van der Waals surface area contributed by atoms with Crippen molar-refractivity contribution in [2.75, 3.05) is 0 Å². The van der Waals surface area contributed by atoms with Gasteiger partial charge < -0.3 is 10.6 Å². The Morgan fingerprint density at radius 2 is 2.11 bits per heavy atom. The monoisotopic (exact) mass is 129 g/mol. The van der Waals surface area contributed by atoms with E-state index in [1.807, 2.05) is 0 Å². The van der Waals surface area contributed by atoms with E-state index < -0.39 is 5.66 Å². The molecule has 0 heterocycles. The molecule has 0 aromatic carbocycles. The number of rotatable bonds is 4. The normalized spacial score (nSPS) is 10.0. The van der Waals surface area contributed by atoms with Crippen LogP contribution in [-0.2, 0) is 9.59 Å². The summed E-state index contributed by atoms with van der Waals surface area (Å²) < 4.78 is 0. The molecular weight excluding hydrogens is 120 g/mol. The van der Waals surface area contributed by atoms with Crippen molar-refractivity contribution in [2.24, 2.45) is 0 Å². The average molecular weight is 129 g/mol. The van der Waals surface area contributed by atoms with Crippen LogP contribution < -0.4 is 10.6 Å². The number of hydrogen-bond acceptors (Lipinski definition) is 2. The largest absolute Gasteiger partial charge is 0.337 e. The van der Waals surface area contributed by atoms with E-state index in [4.69, 9.17) is 0 Å². The van der Waals surface area contributed by atoms with Crippen LogP contribution in [0.3, 0.4) is 0 Å². The number of carbonyl (C=O) groups excluding carboxylic acids is 2. The van der Waals surface area contributed by atoms with Gasteiger partial charge in [-0.3, -0.25) is 9.59 Å².